The second-order valence-electron chi connectivity index (χ2n) is 7.13. The van der Waals surface area contributed by atoms with Crippen molar-refractivity contribution in [1.82, 2.24) is 9.80 Å². The van der Waals surface area contributed by atoms with E-state index in [9.17, 15) is 9.90 Å². The van der Waals surface area contributed by atoms with Crippen molar-refractivity contribution in [2.24, 2.45) is 11.8 Å². The van der Waals surface area contributed by atoms with Gasteiger partial charge in [-0.05, 0) is 51.0 Å². The second kappa shape index (κ2) is 8.68. The van der Waals surface area contributed by atoms with Crippen LogP contribution in [0.4, 0.5) is 0 Å². The number of aliphatic hydroxyl groups excluding tert-OH is 1. The summed E-state index contributed by atoms with van der Waals surface area (Å²) in [6.45, 7) is 10.3. The summed E-state index contributed by atoms with van der Waals surface area (Å²) in [6, 6.07) is 0. The molecule has 1 N–H and O–H groups in total. The SMILES string of the molecule is C=CCC[C@@H](O)CN1CCC[C@@H](C(=O)N2CCC(C)CC2)C1. The van der Waals surface area contributed by atoms with E-state index in [1.165, 1.54) is 0 Å². The minimum absolute atomic E-state index is 0.133. The van der Waals surface area contributed by atoms with Crippen molar-refractivity contribution in [2.75, 3.05) is 32.7 Å². The fraction of sp³-hybridized carbons (Fsp3) is 0.833. The van der Waals surface area contributed by atoms with Crippen LogP contribution in [0.1, 0.15) is 45.4 Å². The molecule has 0 spiro atoms. The molecule has 0 radical (unpaired) electrons. The highest BCUT2D eigenvalue weighted by Gasteiger charge is 2.31. The number of hydrogen-bond acceptors (Lipinski definition) is 3. The topological polar surface area (TPSA) is 43.8 Å². The average molecular weight is 308 g/mol. The van der Waals surface area contributed by atoms with Gasteiger partial charge < -0.3 is 10.0 Å². The molecule has 2 fully saturated rings. The summed E-state index contributed by atoms with van der Waals surface area (Å²) in [6.07, 6.45) is 7.52. The zero-order chi connectivity index (χ0) is 15.9. The Morgan fingerprint density at radius 2 is 2.05 bits per heavy atom. The van der Waals surface area contributed by atoms with E-state index in [1.807, 2.05) is 6.08 Å². The third-order valence-corrected chi connectivity index (χ3v) is 5.12. The lowest BCUT2D eigenvalue weighted by molar-refractivity contribution is -0.138. The van der Waals surface area contributed by atoms with Crippen molar-refractivity contribution in [3.8, 4) is 0 Å². The van der Waals surface area contributed by atoms with Crippen molar-refractivity contribution < 1.29 is 9.90 Å². The first kappa shape index (κ1) is 17.5. The monoisotopic (exact) mass is 308 g/mol. The lowest BCUT2D eigenvalue weighted by atomic mass is 9.93. The molecule has 2 saturated heterocycles. The van der Waals surface area contributed by atoms with Gasteiger partial charge in [-0.15, -0.1) is 6.58 Å². The average Bonchev–Trinajstić information content (AvgIpc) is 2.53. The second-order valence-corrected chi connectivity index (χ2v) is 7.13. The first-order chi connectivity index (χ1) is 10.6. The number of hydrogen-bond donors (Lipinski definition) is 1. The van der Waals surface area contributed by atoms with Crippen LogP contribution < -0.4 is 0 Å². The third kappa shape index (κ3) is 5.10. The Morgan fingerprint density at radius 3 is 2.73 bits per heavy atom. The van der Waals surface area contributed by atoms with Crippen molar-refractivity contribution in [2.45, 2.75) is 51.6 Å². The summed E-state index contributed by atoms with van der Waals surface area (Å²) in [5.41, 5.74) is 0. The number of nitrogens with zero attached hydrogens (tertiary/aromatic N) is 2. The molecule has 2 heterocycles. The predicted octanol–water partition coefficient (Wildman–Crippen LogP) is 2.28. The van der Waals surface area contributed by atoms with E-state index in [2.05, 4.69) is 23.3 Å². The highest BCUT2D eigenvalue weighted by molar-refractivity contribution is 5.79. The first-order valence-corrected chi connectivity index (χ1v) is 8.90. The van der Waals surface area contributed by atoms with Gasteiger partial charge in [0.15, 0.2) is 0 Å². The smallest absolute Gasteiger partial charge is 0.226 e. The molecule has 2 aliphatic rings. The number of allylic oxidation sites excluding steroid dienone is 1. The summed E-state index contributed by atoms with van der Waals surface area (Å²) in [7, 11) is 0. The van der Waals surface area contributed by atoms with Crippen LogP contribution in [0.15, 0.2) is 12.7 Å². The lowest BCUT2D eigenvalue weighted by Gasteiger charge is -2.37. The Balaban J connectivity index is 1.79. The van der Waals surface area contributed by atoms with Gasteiger partial charge in [0.1, 0.15) is 0 Å². The van der Waals surface area contributed by atoms with Crippen LogP contribution >= 0.6 is 0 Å². The van der Waals surface area contributed by atoms with Gasteiger partial charge in [-0.2, -0.15) is 0 Å². The highest BCUT2D eigenvalue weighted by Crippen LogP contribution is 2.23. The van der Waals surface area contributed by atoms with E-state index < -0.39 is 0 Å². The van der Waals surface area contributed by atoms with Crippen LogP contribution in [0.2, 0.25) is 0 Å². The number of piperidine rings is 2. The van der Waals surface area contributed by atoms with Crippen molar-refractivity contribution >= 4 is 5.91 Å². The molecule has 4 heteroatoms. The Hall–Kier alpha value is -0.870. The van der Waals surface area contributed by atoms with E-state index >= 15 is 0 Å². The Morgan fingerprint density at radius 1 is 1.32 bits per heavy atom. The maximum absolute atomic E-state index is 12.7. The molecule has 2 rings (SSSR count). The van der Waals surface area contributed by atoms with Gasteiger partial charge in [-0.3, -0.25) is 9.69 Å². The fourth-order valence-corrected chi connectivity index (χ4v) is 3.61. The quantitative estimate of drug-likeness (QED) is 0.766. The van der Waals surface area contributed by atoms with E-state index in [-0.39, 0.29) is 12.0 Å². The summed E-state index contributed by atoms with van der Waals surface area (Å²) >= 11 is 0. The first-order valence-electron chi connectivity index (χ1n) is 8.90. The zero-order valence-corrected chi connectivity index (χ0v) is 14.0. The number of likely N-dealkylation sites (tertiary alicyclic amines) is 2. The number of amides is 1. The summed E-state index contributed by atoms with van der Waals surface area (Å²) in [4.78, 5) is 17.0. The normalized spacial score (nSPS) is 25.9. The molecule has 22 heavy (non-hydrogen) atoms. The summed E-state index contributed by atoms with van der Waals surface area (Å²) in [5.74, 6) is 1.23. The Kier molecular flexibility index (Phi) is 6.90. The number of aliphatic hydroxyl groups is 1. The molecular weight excluding hydrogens is 276 g/mol. The van der Waals surface area contributed by atoms with E-state index in [1.54, 1.807) is 0 Å². The van der Waals surface area contributed by atoms with Gasteiger partial charge in [-0.1, -0.05) is 13.0 Å². The van der Waals surface area contributed by atoms with Gasteiger partial charge in [-0.25, -0.2) is 0 Å². The molecule has 2 aliphatic heterocycles. The molecule has 1 amide bonds. The minimum atomic E-state index is -0.303. The largest absolute Gasteiger partial charge is 0.392 e. The third-order valence-electron chi connectivity index (χ3n) is 5.12. The Labute approximate surface area is 135 Å². The van der Waals surface area contributed by atoms with E-state index in [4.69, 9.17) is 0 Å². The van der Waals surface area contributed by atoms with Crippen LogP contribution in [0.3, 0.4) is 0 Å². The van der Waals surface area contributed by atoms with Gasteiger partial charge in [0, 0.05) is 26.2 Å². The van der Waals surface area contributed by atoms with Crippen molar-refractivity contribution in [1.29, 1.82) is 0 Å². The van der Waals surface area contributed by atoms with Crippen LogP contribution in [0.25, 0.3) is 0 Å². The van der Waals surface area contributed by atoms with Crippen LogP contribution in [0, 0.1) is 11.8 Å². The minimum Gasteiger partial charge on any atom is -0.392 e. The number of carbonyl (C=O) groups excluding carboxylic acids is 1. The molecule has 0 aliphatic carbocycles. The molecule has 2 atom stereocenters. The maximum Gasteiger partial charge on any atom is 0.226 e. The zero-order valence-electron chi connectivity index (χ0n) is 14.0. The van der Waals surface area contributed by atoms with Crippen LogP contribution in [-0.4, -0.2) is 59.6 Å². The fourth-order valence-electron chi connectivity index (χ4n) is 3.61. The molecule has 126 valence electrons. The molecule has 0 aromatic carbocycles. The molecular formula is C18H32N2O2. The number of β-amino-alcohol motifs (C(OH)–C–C–N with tert-alkyl or cyclic N) is 1. The van der Waals surface area contributed by atoms with Crippen molar-refractivity contribution in [3.05, 3.63) is 12.7 Å². The highest BCUT2D eigenvalue weighted by atomic mass is 16.3. The molecule has 0 bridgehead atoms. The summed E-state index contributed by atoms with van der Waals surface area (Å²) in [5, 5.41) is 10.1. The van der Waals surface area contributed by atoms with E-state index in [0.717, 1.165) is 70.6 Å². The molecule has 0 aromatic heterocycles. The van der Waals surface area contributed by atoms with Gasteiger partial charge in [0.2, 0.25) is 5.91 Å². The van der Waals surface area contributed by atoms with Crippen LogP contribution in [0.5, 0.6) is 0 Å². The molecule has 0 aromatic rings. The summed E-state index contributed by atoms with van der Waals surface area (Å²) < 4.78 is 0. The number of rotatable bonds is 6. The molecule has 0 saturated carbocycles. The maximum atomic E-state index is 12.7. The van der Waals surface area contributed by atoms with Crippen molar-refractivity contribution in [3.63, 3.8) is 0 Å². The Bertz CT molecular complexity index is 364. The number of carbonyl (C=O) groups is 1. The lowest BCUT2D eigenvalue weighted by Crippen LogP contribution is -2.48. The molecule has 0 unspecified atom stereocenters. The predicted molar refractivity (Wildman–Crippen MR) is 89.6 cm³/mol. The van der Waals surface area contributed by atoms with Gasteiger partial charge in [0.25, 0.3) is 0 Å². The standard InChI is InChI=1S/C18H32N2O2/c1-3-4-7-17(21)14-19-10-5-6-16(13-19)18(22)20-11-8-15(2)9-12-20/h3,15-17,21H,1,4-14H2,2H3/t16-,17-/m1/s1. The van der Waals surface area contributed by atoms with Gasteiger partial charge in [0.05, 0.1) is 12.0 Å². The molecule has 4 nitrogen and oxygen atoms in total. The van der Waals surface area contributed by atoms with Crippen LogP contribution in [-0.2, 0) is 4.79 Å². The van der Waals surface area contributed by atoms with Gasteiger partial charge >= 0.3 is 0 Å². The van der Waals surface area contributed by atoms with E-state index in [0.29, 0.717) is 12.5 Å².